The molecule has 1 heterocycles. The van der Waals surface area contributed by atoms with Gasteiger partial charge < -0.3 is 4.42 Å². The lowest BCUT2D eigenvalue weighted by Crippen LogP contribution is -2.02. The molecule has 0 amide bonds. The smallest absolute Gasteiger partial charge is 0.275 e. The van der Waals surface area contributed by atoms with Crippen molar-refractivity contribution < 1.29 is 9.34 Å². The van der Waals surface area contributed by atoms with E-state index < -0.39 is 4.92 Å². The van der Waals surface area contributed by atoms with Gasteiger partial charge in [0.1, 0.15) is 11.3 Å². The van der Waals surface area contributed by atoms with E-state index in [1.165, 1.54) is 18.2 Å². The monoisotopic (exact) mass is 338 g/mol. The molecule has 0 aliphatic rings. The largest absolute Gasteiger partial charge is 0.456 e. The van der Waals surface area contributed by atoms with Gasteiger partial charge in [-0.3, -0.25) is 14.9 Å². The Balaban J connectivity index is 2.29. The number of para-hydroxylation sites is 1. The van der Waals surface area contributed by atoms with E-state index in [0.29, 0.717) is 22.1 Å². The summed E-state index contributed by atoms with van der Waals surface area (Å²) in [6, 6.07) is 12.7. The summed E-state index contributed by atoms with van der Waals surface area (Å²) in [5, 5.41) is 13.9. The van der Waals surface area contributed by atoms with Gasteiger partial charge in [-0.25, -0.2) is 4.99 Å². The minimum Gasteiger partial charge on any atom is -0.456 e. The first-order chi connectivity index (χ1) is 11.6. The van der Waals surface area contributed by atoms with Crippen molar-refractivity contribution >= 4 is 34.0 Å². The van der Waals surface area contributed by atoms with Crippen LogP contribution in [-0.2, 0) is 6.54 Å². The summed E-state index contributed by atoms with van der Waals surface area (Å²) in [5.41, 5.74) is 0.829. The maximum Gasteiger partial charge on any atom is 0.275 e. The number of thiocarbonyl (C=S) groups is 1. The zero-order chi connectivity index (χ0) is 17.1. The number of fused-ring (bicyclic) bond motifs is 1. The summed E-state index contributed by atoms with van der Waals surface area (Å²) in [6.45, 7) is -0.0213. The standard InChI is InChI=1S/C17H10N2O4S/c20-15-8-17(23-16-7-2-1-4-12(15)16)11-5-3-6-14(19(21)22)13(11)9-18-10-24/h1-8H,9H2. The Hall–Kier alpha value is -3.15. The second-order valence-electron chi connectivity index (χ2n) is 4.94. The van der Waals surface area contributed by atoms with Crippen LogP contribution in [0.25, 0.3) is 22.3 Å². The number of rotatable bonds is 4. The summed E-state index contributed by atoms with van der Waals surface area (Å²) in [4.78, 5) is 26.8. The van der Waals surface area contributed by atoms with Crippen molar-refractivity contribution in [2.75, 3.05) is 0 Å². The van der Waals surface area contributed by atoms with E-state index in [4.69, 9.17) is 4.42 Å². The quantitative estimate of drug-likeness (QED) is 0.311. The third-order valence-corrected chi connectivity index (χ3v) is 3.68. The van der Waals surface area contributed by atoms with E-state index in [-0.39, 0.29) is 23.4 Å². The first-order valence-electron chi connectivity index (χ1n) is 6.95. The number of nitro groups is 1. The number of isothiocyanates is 1. The van der Waals surface area contributed by atoms with Gasteiger partial charge in [-0.05, 0) is 24.4 Å². The molecule has 0 radical (unpaired) electrons. The predicted molar refractivity (Wildman–Crippen MR) is 93.3 cm³/mol. The van der Waals surface area contributed by atoms with Crippen LogP contribution in [0.1, 0.15) is 5.56 Å². The first-order valence-corrected chi connectivity index (χ1v) is 7.36. The van der Waals surface area contributed by atoms with E-state index in [1.807, 2.05) is 0 Å². The van der Waals surface area contributed by atoms with E-state index >= 15 is 0 Å². The molecule has 0 spiro atoms. The van der Waals surface area contributed by atoms with Gasteiger partial charge in [0.25, 0.3) is 5.69 Å². The molecule has 0 saturated carbocycles. The molecular weight excluding hydrogens is 328 g/mol. The van der Waals surface area contributed by atoms with Crippen LogP contribution < -0.4 is 5.43 Å². The van der Waals surface area contributed by atoms with Crippen molar-refractivity contribution in [1.82, 2.24) is 0 Å². The van der Waals surface area contributed by atoms with Crippen LogP contribution in [0.3, 0.4) is 0 Å². The molecule has 0 bridgehead atoms. The zero-order valence-electron chi connectivity index (χ0n) is 12.3. The molecule has 0 atom stereocenters. The summed E-state index contributed by atoms with van der Waals surface area (Å²) >= 11 is 4.54. The SMILES string of the molecule is O=c1cc(-c2cccc([N+](=O)[O-])c2CN=C=S)oc2ccccc12. The van der Waals surface area contributed by atoms with Gasteiger partial charge in [0.15, 0.2) is 5.43 Å². The highest BCUT2D eigenvalue weighted by atomic mass is 32.1. The average molecular weight is 338 g/mol. The van der Waals surface area contributed by atoms with Crippen LogP contribution in [0, 0.1) is 10.1 Å². The van der Waals surface area contributed by atoms with Crippen LogP contribution in [0.4, 0.5) is 5.69 Å². The first kappa shape index (κ1) is 15.7. The number of benzene rings is 2. The molecule has 0 aliphatic carbocycles. The molecule has 0 aliphatic heterocycles. The Kier molecular flexibility index (Phi) is 4.29. The molecule has 6 nitrogen and oxygen atoms in total. The lowest BCUT2D eigenvalue weighted by atomic mass is 10.0. The van der Waals surface area contributed by atoms with Crippen LogP contribution in [-0.4, -0.2) is 10.1 Å². The maximum absolute atomic E-state index is 12.3. The third kappa shape index (κ3) is 2.86. The summed E-state index contributed by atoms with van der Waals surface area (Å²) in [7, 11) is 0. The second kappa shape index (κ2) is 6.54. The van der Waals surface area contributed by atoms with Gasteiger partial charge in [-0.2, -0.15) is 0 Å². The van der Waals surface area contributed by atoms with E-state index in [1.54, 1.807) is 30.3 Å². The average Bonchev–Trinajstić information content (AvgIpc) is 2.59. The van der Waals surface area contributed by atoms with Crippen molar-refractivity contribution in [2.45, 2.75) is 6.54 Å². The minimum atomic E-state index is -0.503. The minimum absolute atomic E-state index is 0.0213. The van der Waals surface area contributed by atoms with Gasteiger partial charge >= 0.3 is 0 Å². The number of aliphatic imine (C=N–C) groups is 1. The molecule has 3 rings (SSSR count). The highest BCUT2D eigenvalue weighted by Gasteiger charge is 2.20. The summed E-state index contributed by atoms with van der Waals surface area (Å²) in [5.74, 6) is 0.247. The molecule has 1 aromatic heterocycles. The fourth-order valence-corrected chi connectivity index (χ4v) is 2.56. The topological polar surface area (TPSA) is 85.7 Å². The van der Waals surface area contributed by atoms with Crippen LogP contribution in [0.5, 0.6) is 0 Å². The van der Waals surface area contributed by atoms with Crippen molar-refractivity contribution in [3.63, 3.8) is 0 Å². The molecule has 7 heteroatoms. The Bertz CT molecular complexity index is 1050. The van der Waals surface area contributed by atoms with Gasteiger partial charge in [-0.15, -0.1) is 0 Å². The summed E-state index contributed by atoms with van der Waals surface area (Å²) < 4.78 is 5.77. The number of hydrogen-bond acceptors (Lipinski definition) is 6. The molecule has 24 heavy (non-hydrogen) atoms. The van der Waals surface area contributed by atoms with E-state index in [2.05, 4.69) is 22.4 Å². The lowest BCUT2D eigenvalue weighted by Gasteiger charge is -2.08. The molecule has 0 saturated heterocycles. The maximum atomic E-state index is 12.3. The Morgan fingerprint density at radius 2 is 2.00 bits per heavy atom. The number of nitro benzene ring substituents is 1. The molecule has 0 N–H and O–H groups in total. The second-order valence-corrected chi connectivity index (χ2v) is 5.12. The van der Waals surface area contributed by atoms with Crippen LogP contribution >= 0.6 is 12.2 Å². The normalized spacial score (nSPS) is 10.3. The van der Waals surface area contributed by atoms with Gasteiger partial charge in [0.2, 0.25) is 0 Å². The van der Waals surface area contributed by atoms with Gasteiger partial charge in [0, 0.05) is 17.7 Å². The Morgan fingerprint density at radius 3 is 2.75 bits per heavy atom. The van der Waals surface area contributed by atoms with Gasteiger partial charge in [-0.1, -0.05) is 24.3 Å². The third-order valence-electron chi connectivity index (χ3n) is 3.55. The highest BCUT2D eigenvalue weighted by molar-refractivity contribution is 7.78. The Labute approximate surface area is 141 Å². The molecular formula is C17H10N2O4S. The number of hydrogen-bond donors (Lipinski definition) is 0. The zero-order valence-corrected chi connectivity index (χ0v) is 13.1. The fourth-order valence-electron chi connectivity index (χ4n) is 2.49. The predicted octanol–water partition coefficient (Wildman–Crippen LogP) is 3.97. The highest BCUT2D eigenvalue weighted by Crippen LogP contribution is 2.32. The van der Waals surface area contributed by atoms with Crippen molar-refractivity contribution in [3.05, 3.63) is 74.4 Å². The van der Waals surface area contributed by atoms with Crippen molar-refractivity contribution in [1.29, 1.82) is 0 Å². The van der Waals surface area contributed by atoms with Crippen LogP contribution in [0.15, 0.2) is 62.7 Å². The lowest BCUT2D eigenvalue weighted by molar-refractivity contribution is -0.385. The summed E-state index contributed by atoms with van der Waals surface area (Å²) in [6.07, 6.45) is 0. The molecule has 118 valence electrons. The van der Waals surface area contributed by atoms with E-state index in [9.17, 15) is 14.9 Å². The van der Waals surface area contributed by atoms with E-state index in [0.717, 1.165) is 0 Å². The van der Waals surface area contributed by atoms with Crippen LogP contribution in [0.2, 0.25) is 0 Å². The number of nitrogens with zero attached hydrogens (tertiary/aromatic N) is 2. The van der Waals surface area contributed by atoms with Gasteiger partial charge in [0.05, 0.1) is 27.6 Å². The molecule has 3 aromatic rings. The molecule has 0 unspecified atom stereocenters. The Morgan fingerprint density at radius 1 is 1.21 bits per heavy atom. The van der Waals surface area contributed by atoms with Crippen molar-refractivity contribution in [3.8, 4) is 11.3 Å². The van der Waals surface area contributed by atoms with Crippen molar-refractivity contribution in [2.24, 2.45) is 4.99 Å². The molecule has 0 fully saturated rings. The molecule has 2 aromatic carbocycles. The fraction of sp³-hybridized carbons (Fsp3) is 0.0588.